The molecule has 6 nitrogen and oxygen atoms in total. The van der Waals surface area contributed by atoms with Crippen molar-refractivity contribution in [3.05, 3.63) is 58.8 Å². The molecule has 0 saturated carbocycles. The highest BCUT2D eigenvalue weighted by Gasteiger charge is 2.35. The number of nitrogens with zero attached hydrogens (tertiary/aromatic N) is 1. The number of imide groups is 1. The van der Waals surface area contributed by atoms with Crippen LogP contribution in [0.4, 0.5) is 14.9 Å². The van der Waals surface area contributed by atoms with Crippen molar-refractivity contribution >= 4 is 34.7 Å². The largest absolute Gasteiger partial charge is 0.454 e. The zero-order valence-corrected chi connectivity index (χ0v) is 14.2. The lowest BCUT2D eigenvalue weighted by atomic mass is 10.2. The van der Waals surface area contributed by atoms with E-state index in [0.717, 1.165) is 16.7 Å². The molecule has 8 heteroatoms. The van der Waals surface area contributed by atoms with Gasteiger partial charge in [-0.25, -0.2) is 4.39 Å². The second-order valence-electron chi connectivity index (χ2n) is 5.53. The third-order valence-corrected chi connectivity index (χ3v) is 4.79. The number of carbonyl (C=O) groups is 2. The lowest BCUT2D eigenvalue weighted by Crippen LogP contribution is -2.33. The average Bonchev–Trinajstić information content (AvgIpc) is 3.20. The van der Waals surface area contributed by atoms with E-state index < -0.39 is 17.0 Å². The van der Waals surface area contributed by atoms with E-state index in [-0.39, 0.29) is 23.9 Å². The zero-order valence-electron chi connectivity index (χ0n) is 13.4. The Bertz CT molecular complexity index is 931. The van der Waals surface area contributed by atoms with Gasteiger partial charge in [-0.1, -0.05) is 18.2 Å². The van der Waals surface area contributed by atoms with Gasteiger partial charge in [-0.2, -0.15) is 0 Å². The first kappa shape index (κ1) is 16.5. The van der Waals surface area contributed by atoms with Gasteiger partial charge in [-0.05, 0) is 36.0 Å². The predicted molar refractivity (Wildman–Crippen MR) is 95.3 cm³/mol. The standard InChI is InChI=1S/C18H13FN2O4S/c19-13-4-2-1-3-11(13)7-16-17(22)21(18(23)26-16)9-20-12-5-6-14-15(8-12)25-10-24-14/h1-8,20H,9-10H2. The van der Waals surface area contributed by atoms with E-state index in [1.165, 1.54) is 12.1 Å². The molecule has 0 atom stereocenters. The number of amides is 2. The van der Waals surface area contributed by atoms with Gasteiger partial charge in [0.1, 0.15) is 5.82 Å². The van der Waals surface area contributed by atoms with Gasteiger partial charge >= 0.3 is 0 Å². The summed E-state index contributed by atoms with van der Waals surface area (Å²) < 4.78 is 24.3. The number of hydrogen-bond donors (Lipinski definition) is 1. The highest BCUT2D eigenvalue weighted by Crippen LogP contribution is 2.35. The van der Waals surface area contributed by atoms with E-state index in [1.807, 2.05) is 0 Å². The summed E-state index contributed by atoms with van der Waals surface area (Å²) in [5.41, 5.74) is 0.952. The summed E-state index contributed by atoms with van der Waals surface area (Å²) in [5, 5.41) is 2.60. The molecule has 2 heterocycles. The van der Waals surface area contributed by atoms with E-state index in [4.69, 9.17) is 9.47 Å². The summed E-state index contributed by atoms with van der Waals surface area (Å²) in [6.45, 7) is 0.168. The zero-order chi connectivity index (χ0) is 18.1. The molecule has 0 spiro atoms. The highest BCUT2D eigenvalue weighted by atomic mass is 32.2. The van der Waals surface area contributed by atoms with Crippen molar-refractivity contribution in [3.8, 4) is 11.5 Å². The number of carbonyl (C=O) groups excluding carboxylic acids is 2. The molecule has 4 rings (SSSR count). The Hall–Kier alpha value is -3.00. The minimum atomic E-state index is -0.462. The van der Waals surface area contributed by atoms with Crippen LogP contribution in [0.3, 0.4) is 0 Å². The number of nitrogens with one attached hydrogen (secondary N) is 1. The fraction of sp³-hybridized carbons (Fsp3) is 0.111. The van der Waals surface area contributed by atoms with Gasteiger partial charge in [0, 0.05) is 17.3 Å². The maximum atomic E-state index is 13.7. The van der Waals surface area contributed by atoms with Crippen molar-refractivity contribution in [2.75, 3.05) is 18.8 Å². The summed E-state index contributed by atoms with van der Waals surface area (Å²) in [7, 11) is 0. The number of anilines is 1. The van der Waals surface area contributed by atoms with Gasteiger partial charge in [-0.15, -0.1) is 0 Å². The fourth-order valence-corrected chi connectivity index (χ4v) is 3.38. The molecule has 132 valence electrons. The Kier molecular flexibility index (Phi) is 4.26. The predicted octanol–water partition coefficient (Wildman–Crippen LogP) is 3.66. The molecule has 2 aromatic rings. The molecule has 0 aliphatic carbocycles. The van der Waals surface area contributed by atoms with Crippen molar-refractivity contribution in [2.24, 2.45) is 0 Å². The molecule has 1 N–H and O–H groups in total. The summed E-state index contributed by atoms with van der Waals surface area (Å²) >= 11 is 0.788. The maximum Gasteiger partial charge on any atom is 0.295 e. The van der Waals surface area contributed by atoms with Crippen LogP contribution in [0.25, 0.3) is 6.08 Å². The summed E-state index contributed by atoms with van der Waals surface area (Å²) in [6.07, 6.45) is 1.39. The molecule has 1 saturated heterocycles. The fourth-order valence-electron chi connectivity index (χ4n) is 2.55. The van der Waals surface area contributed by atoms with Gasteiger partial charge in [-0.3, -0.25) is 14.5 Å². The smallest absolute Gasteiger partial charge is 0.295 e. The number of ether oxygens (including phenoxy) is 2. The van der Waals surface area contributed by atoms with Gasteiger partial charge < -0.3 is 14.8 Å². The summed E-state index contributed by atoms with van der Waals surface area (Å²) in [5.74, 6) is 0.340. The van der Waals surface area contributed by atoms with Crippen LogP contribution in [-0.2, 0) is 4.79 Å². The molecule has 0 bridgehead atoms. The van der Waals surface area contributed by atoms with E-state index >= 15 is 0 Å². The van der Waals surface area contributed by atoms with Gasteiger partial charge in [0.15, 0.2) is 11.5 Å². The monoisotopic (exact) mass is 372 g/mol. The van der Waals surface area contributed by atoms with Crippen LogP contribution in [0.2, 0.25) is 0 Å². The number of benzene rings is 2. The molecule has 2 aliphatic heterocycles. The first-order chi connectivity index (χ1) is 12.6. The third-order valence-electron chi connectivity index (χ3n) is 3.88. The minimum absolute atomic E-state index is 0.00107. The second-order valence-corrected chi connectivity index (χ2v) is 6.53. The van der Waals surface area contributed by atoms with Crippen LogP contribution in [0.1, 0.15) is 5.56 Å². The van der Waals surface area contributed by atoms with Gasteiger partial charge in [0.05, 0.1) is 11.6 Å². The topological polar surface area (TPSA) is 67.9 Å². The van der Waals surface area contributed by atoms with E-state index in [0.29, 0.717) is 17.2 Å². The van der Waals surface area contributed by atoms with Crippen molar-refractivity contribution in [2.45, 2.75) is 0 Å². The molecule has 0 unspecified atom stereocenters. The van der Waals surface area contributed by atoms with Crippen molar-refractivity contribution in [1.29, 1.82) is 0 Å². The van der Waals surface area contributed by atoms with E-state index in [9.17, 15) is 14.0 Å². The highest BCUT2D eigenvalue weighted by molar-refractivity contribution is 8.18. The third kappa shape index (κ3) is 3.11. The maximum absolute atomic E-state index is 13.7. The number of thioether (sulfide) groups is 1. The van der Waals surface area contributed by atoms with E-state index in [2.05, 4.69) is 5.32 Å². The normalized spacial score (nSPS) is 17.3. The Labute approximate surface area is 152 Å². The van der Waals surface area contributed by atoms with Crippen LogP contribution in [0, 0.1) is 5.82 Å². The SMILES string of the molecule is O=C1SC(=Cc2ccccc2F)C(=O)N1CNc1ccc2c(c1)OCO2. The lowest BCUT2D eigenvalue weighted by molar-refractivity contribution is -0.122. The van der Waals surface area contributed by atoms with Gasteiger partial charge in [0.2, 0.25) is 6.79 Å². The number of hydrogen-bond acceptors (Lipinski definition) is 6. The molecule has 26 heavy (non-hydrogen) atoms. The molecule has 2 amide bonds. The van der Waals surface area contributed by atoms with Crippen LogP contribution < -0.4 is 14.8 Å². The van der Waals surface area contributed by atoms with Crippen molar-refractivity contribution in [1.82, 2.24) is 4.90 Å². The minimum Gasteiger partial charge on any atom is -0.454 e. The lowest BCUT2D eigenvalue weighted by Gasteiger charge is -2.14. The van der Waals surface area contributed by atoms with Crippen molar-refractivity contribution < 1.29 is 23.5 Å². The molecule has 2 aliphatic rings. The van der Waals surface area contributed by atoms with Crippen LogP contribution in [-0.4, -0.2) is 29.5 Å². The molecule has 0 radical (unpaired) electrons. The Morgan fingerprint density at radius 1 is 1.15 bits per heavy atom. The summed E-state index contributed by atoms with van der Waals surface area (Å²) in [4.78, 5) is 25.8. The second kappa shape index (κ2) is 6.72. The van der Waals surface area contributed by atoms with Crippen LogP contribution in [0.15, 0.2) is 47.4 Å². The summed E-state index contributed by atoms with van der Waals surface area (Å²) in [6, 6.07) is 11.3. The number of fused-ring (bicyclic) bond motifs is 1. The molecule has 2 aromatic carbocycles. The average molecular weight is 372 g/mol. The number of rotatable bonds is 4. The quantitative estimate of drug-likeness (QED) is 0.826. The number of halogens is 1. The molecular weight excluding hydrogens is 359 g/mol. The Balaban J connectivity index is 1.47. The first-order valence-electron chi connectivity index (χ1n) is 7.75. The molecule has 0 aromatic heterocycles. The van der Waals surface area contributed by atoms with E-state index in [1.54, 1.807) is 36.4 Å². The van der Waals surface area contributed by atoms with Crippen LogP contribution in [0.5, 0.6) is 11.5 Å². The first-order valence-corrected chi connectivity index (χ1v) is 8.57. The Morgan fingerprint density at radius 3 is 2.81 bits per heavy atom. The Morgan fingerprint density at radius 2 is 1.96 bits per heavy atom. The van der Waals surface area contributed by atoms with Crippen LogP contribution >= 0.6 is 11.8 Å². The van der Waals surface area contributed by atoms with Gasteiger partial charge in [0.25, 0.3) is 11.1 Å². The molecule has 1 fully saturated rings. The van der Waals surface area contributed by atoms with Crippen molar-refractivity contribution in [3.63, 3.8) is 0 Å². The molecular formula is C18H13FN2O4S.